The third-order valence-electron chi connectivity index (χ3n) is 5.35. The number of carbonyl (C=O) groups is 1. The predicted octanol–water partition coefficient (Wildman–Crippen LogP) is 6.04. The van der Waals surface area contributed by atoms with Crippen molar-refractivity contribution in [3.63, 3.8) is 0 Å². The van der Waals surface area contributed by atoms with Crippen LogP contribution in [0.3, 0.4) is 0 Å². The number of primary amides is 1. The first kappa shape index (κ1) is 21.2. The van der Waals surface area contributed by atoms with Crippen molar-refractivity contribution in [3.8, 4) is 21.9 Å². The van der Waals surface area contributed by atoms with Crippen molar-refractivity contribution in [1.82, 2.24) is 14.5 Å². The fourth-order valence-corrected chi connectivity index (χ4v) is 4.93. The normalized spacial score (nSPS) is 12.1. The van der Waals surface area contributed by atoms with Gasteiger partial charge in [-0.2, -0.15) is 0 Å². The number of carbonyl (C=O) groups excluding carboxylic acids is 1. The summed E-state index contributed by atoms with van der Waals surface area (Å²) in [7, 11) is 0. The molecule has 3 heterocycles. The van der Waals surface area contributed by atoms with Crippen molar-refractivity contribution in [2.75, 3.05) is 0 Å². The number of nitrogens with two attached hydrogens (primary N) is 1. The molecule has 0 fully saturated rings. The van der Waals surface area contributed by atoms with E-state index >= 15 is 0 Å². The molecule has 1 atom stereocenters. The fraction of sp³-hybridized carbons (Fsp3) is 0.0800. The first-order valence-electron chi connectivity index (χ1n) is 10.2. The number of imidazole rings is 1. The number of thiophene rings is 1. The van der Waals surface area contributed by atoms with E-state index in [9.17, 15) is 4.79 Å². The molecule has 0 aliphatic rings. The van der Waals surface area contributed by atoms with Gasteiger partial charge < -0.3 is 10.5 Å². The summed E-state index contributed by atoms with van der Waals surface area (Å²) in [6, 6.07) is 19.3. The van der Waals surface area contributed by atoms with Crippen molar-refractivity contribution >= 4 is 39.9 Å². The molecule has 0 aliphatic heterocycles. The van der Waals surface area contributed by atoms with Gasteiger partial charge in [-0.25, -0.2) is 4.98 Å². The van der Waals surface area contributed by atoms with Crippen LogP contribution in [-0.2, 0) is 0 Å². The van der Waals surface area contributed by atoms with E-state index in [2.05, 4.69) is 9.97 Å². The highest BCUT2D eigenvalue weighted by Crippen LogP contribution is 2.37. The van der Waals surface area contributed by atoms with E-state index < -0.39 is 5.91 Å². The van der Waals surface area contributed by atoms with Crippen LogP contribution in [0.2, 0.25) is 5.02 Å². The van der Waals surface area contributed by atoms with Crippen LogP contribution >= 0.6 is 22.9 Å². The van der Waals surface area contributed by atoms with Gasteiger partial charge in [-0.05, 0) is 48.4 Å². The number of pyridine rings is 1. The highest BCUT2D eigenvalue weighted by atomic mass is 35.5. The molecule has 8 heteroatoms. The van der Waals surface area contributed by atoms with Crippen molar-refractivity contribution in [3.05, 3.63) is 94.8 Å². The number of fused-ring (bicyclic) bond motifs is 1. The highest BCUT2D eigenvalue weighted by molar-refractivity contribution is 7.16. The lowest BCUT2D eigenvalue weighted by atomic mass is 10.1. The molecule has 2 aromatic carbocycles. The Hall–Kier alpha value is -3.68. The Kier molecular flexibility index (Phi) is 5.58. The van der Waals surface area contributed by atoms with E-state index in [1.54, 1.807) is 18.7 Å². The van der Waals surface area contributed by atoms with Crippen molar-refractivity contribution in [1.29, 1.82) is 0 Å². The molecule has 6 nitrogen and oxygen atoms in total. The van der Waals surface area contributed by atoms with Gasteiger partial charge in [0, 0.05) is 29.0 Å². The zero-order valence-electron chi connectivity index (χ0n) is 17.6. The number of benzene rings is 2. The molecule has 0 saturated heterocycles. The van der Waals surface area contributed by atoms with Crippen LogP contribution in [0.15, 0.2) is 79.4 Å². The minimum atomic E-state index is -0.544. The first-order chi connectivity index (χ1) is 16.0. The molecular weight excluding hydrogens is 456 g/mol. The van der Waals surface area contributed by atoms with E-state index in [1.165, 1.54) is 11.3 Å². The molecule has 0 unspecified atom stereocenters. The fourth-order valence-electron chi connectivity index (χ4n) is 3.71. The maximum atomic E-state index is 12.2. The van der Waals surface area contributed by atoms with Gasteiger partial charge in [0.05, 0.1) is 11.0 Å². The molecule has 33 heavy (non-hydrogen) atoms. The Morgan fingerprint density at radius 3 is 2.64 bits per heavy atom. The Balaban J connectivity index is 1.51. The van der Waals surface area contributed by atoms with Crippen molar-refractivity contribution in [2.45, 2.75) is 13.0 Å². The summed E-state index contributed by atoms with van der Waals surface area (Å²) in [4.78, 5) is 21.1. The topological polar surface area (TPSA) is 83.0 Å². The lowest BCUT2D eigenvalue weighted by Gasteiger charge is -2.16. The van der Waals surface area contributed by atoms with Crippen LogP contribution in [0.4, 0.5) is 0 Å². The summed E-state index contributed by atoms with van der Waals surface area (Å²) < 4.78 is 8.05. The number of hydrogen-bond donors (Lipinski definition) is 1. The zero-order chi connectivity index (χ0) is 22.9. The second-order valence-electron chi connectivity index (χ2n) is 7.48. The van der Waals surface area contributed by atoms with Gasteiger partial charge in [0.25, 0.3) is 5.91 Å². The molecule has 3 aromatic heterocycles. The van der Waals surface area contributed by atoms with Gasteiger partial charge in [-0.15, -0.1) is 11.3 Å². The van der Waals surface area contributed by atoms with E-state index in [0.29, 0.717) is 15.6 Å². The minimum absolute atomic E-state index is 0.346. The summed E-state index contributed by atoms with van der Waals surface area (Å²) in [6.07, 6.45) is 4.90. The van der Waals surface area contributed by atoms with E-state index in [0.717, 1.165) is 32.7 Å². The quantitative estimate of drug-likeness (QED) is 0.325. The average Bonchev–Trinajstić information content (AvgIpc) is 3.43. The Bertz CT molecular complexity index is 1460. The number of amides is 1. The molecule has 164 valence electrons. The SMILES string of the molecule is C[C@@H](Oc1cc(-n2cnc3cc(-c4ccncc4)ccc32)sc1C(N)=O)c1ccccc1Cl. The molecule has 5 aromatic rings. The number of ether oxygens (including phenoxy) is 1. The lowest BCUT2D eigenvalue weighted by Crippen LogP contribution is -2.12. The second-order valence-corrected chi connectivity index (χ2v) is 8.92. The zero-order valence-corrected chi connectivity index (χ0v) is 19.2. The average molecular weight is 475 g/mol. The van der Waals surface area contributed by atoms with Gasteiger partial charge in [0.2, 0.25) is 0 Å². The molecule has 2 N–H and O–H groups in total. The molecular formula is C25H19ClN4O2S. The van der Waals surface area contributed by atoms with Crippen LogP contribution in [0.25, 0.3) is 27.2 Å². The summed E-state index contributed by atoms with van der Waals surface area (Å²) in [5.74, 6) is -0.123. The smallest absolute Gasteiger partial charge is 0.262 e. The predicted molar refractivity (Wildman–Crippen MR) is 131 cm³/mol. The molecule has 0 aliphatic carbocycles. The van der Waals surface area contributed by atoms with Crippen molar-refractivity contribution in [2.24, 2.45) is 5.73 Å². The first-order valence-corrected chi connectivity index (χ1v) is 11.4. The number of nitrogens with zero attached hydrogens (tertiary/aromatic N) is 3. The van der Waals surface area contributed by atoms with Gasteiger partial charge in [0.1, 0.15) is 28.1 Å². The van der Waals surface area contributed by atoms with Crippen LogP contribution in [0, 0.1) is 0 Å². The third kappa shape index (κ3) is 4.08. The van der Waals surface area contributed by atoms with Gasteiger partial charge in [0.15, 0.2) is 0 Å². The number of aromatic nitrogens is 3. The Labute approximate surface area is 199 Å². The summed E-state index contributed by atoms with van der Waals surface area (Å²) in [5, 5.41) is 1.39. The van der Waals surface area contributed by atoms with Crippen LogP contribution < -0.4 is 10.5 Å². The standard InChI is InChI=1S/C25H19ClN4O2S/c1-15(18-4-2-3-5-19(18)26)32-22-13-23(33-24(22)25(27)31)30-14-29-20-12-17(6-7-21(20)30)16-8-10-28-11-9-16/h2-15H,1H3,(H2,27,31)/t15-/m1/s1. The van der Waals surface area contributed by atoms with E-state index in [4.69, 9.17) is 22.1 Å². The van der Waals surface area contributed by atoms with Gasteiger partial charge in [-0.3, -0.25) is 14.3 Å². The van der Waals surface area contributed by atoms with Crippen LogP contribution in [0.5, 0.6) is 5.75 Å². The number of halogens is 1. The molecule has 0 bridgehead atoms. The van der Waals surface area contributed by atoms with E-state index in [-0.39, 0.29) is 6.10 Å². The van der Waals surface area contributed by atoms with Crippen LogP contribution in [0.1, 0.15) is 28.3 Å². The second kappa shape index (κ2) is 8.69. The molecule has 0 saturated carbocycles. The van der Waals surface area contributed by atoms with Gasteiger partial charge in [-0.1, -0.05) is 35.9 Å². The maximum absolute atomic E-state index is 12.2. The molecule has 5 rings (SSSR count). The molecule has 0 spiro atoms. The Morgan fingerprint density at radius 2 is 1.88 bits per heavy atom. The van der Waals surface area contributed by atoms with Gasteiger partial charge >= 0.3 is 0 Å². The molecule has 1 amide bonds. The number of hydrogen-bond acceptors (Lipinski definition) is 5. The summed E-state index contributed by atoms with van der Waals surface area (Å²) in [5.41, 5.74) is 10.4. The maximum Gasteiger partial charge on any atom is 0.262 e. The summed E-state index contributed by atoms with van der Waals surface area (Å²) >= 11 is 7.58. The van der Waals surface area contributed by atoms with Crippen molar-refractivity contribution < 1.29 is 9.53 Å². The third-order valence-corrected chi connectivity index (χ3v) is 6.83. The lowest BCUT2D eigenvalue weighted by molar-refractivity contribution is 0.0998. The van der Waals surface area contributed by atoms with E-state index in [1.807, 2.05) is 72.2 Å². The highest BCUT2D eigenvalue weighted by Gasteiger charge is 2.21. The monoisotopic (exact) mass is 474 g/mol. The summed E-state index contributed by atoms with van der Waals surface area (Å²) in [6.45, 7) is 1.89. The Morgan fingerprint density at radius 1 is 1.09 bits per heavy atom. The van der Waals surface area contributed by atoms with Crippen LogP contribution in [-0.4, -0.2) is 20.4 Å². The largest absolute Gasteiger partial charge is 0.484 e. The minimum Gasteiger partial charge on any atom is -0.484 e. The number of rotatable bonds is 6. The molecule has 0 radical (unpaired) electrons.